The third-order valence-corrected chi connectivity index (χ3v) is 10.1. The van der Waals surface area contributed by atoms with Gasteiger partial charge in [0, 0.05) is 16.4 Å². The number of benzene rings is 3. The van der Waals surface area contributed by atoms with Crippen molar-refractivity contribution in [3.05, 3.63) is 150 Å². The third kappa shape index (κ3) is 9.06. The topological polar surface area (TPSA) is 88.1 Å². The molecule has 0 aliphatic rings. The lowest BCUT2D eigenvalue weighted by molar-refractivity contribution is 0.104. The van der Waals surface area contributed by atoms with Gasteiger partial charge in [0.2, 0.25) is 18.2 Å². The van der Waals surface area contributed by atoms with Crippen molar-refractivity contribution in [2.24, 2.45) is 0 Å². The van der Waals surface area contributed by atoms with E-state index in [9.17, 15) is 9.59 Å². The van der Waals surface area contributed by atoms with E-state index in [-0.39, 0.29) is 42.9 Å². The molecule has 0 saturated carbocycles. The van der Waals surface area contributed by atoms with Gasteiger partial charge in [-0.2, -0.15) is 0 Å². The lowest BCUT2D eigenvalue weighted by Gasteiger charge is -2.21. The second-order valence-corrected chi connectivity index (χ2v) is 13.2. The van der Waals surface area contributed by atoms with Crippen molar-refractivity contribution in [1.82, 2.24) is 0 Å². The van der Waals surface area contributed by atoms with Crippen molar-refractivity contribution >= 4 is 23.5 Å². The third-order valence-electron chi connectivity index (χ3n) is 7.40. The van der Waals surface area contributed by atoms with Crippen LogP contribution in [0.15, 0.2) is 105 Å². The standard InChI is InChI=1S/C38H43O7P/c1-7-16-42-24-32-20-30(21-33(28(32)5)25-43-17-8-2)37(39)46(41,36-14-12-11-13-15-36)38(40)31-22-34(26-44-18-9-3)29(6)35(23-31)27-45-19-10-4/h7-15,20-23H,1-4,16-19,24-27H2,5-6H3. The van der Waals surface area contributed by atoms with Gasteiger partial charge in [0.15, 0.2) is 0 Å². The molecule has 3 aromatic rings. The van der Waals surface area contributed by atoms with Crippen molar-refractivity contribution < 1.29 is 33.1 Å². The Morgan fingerprint density at radius 3 is 1.17 bits per heavy atom. The van der Waals surface area contributed by atoms with E-state index in [1.165, 1.54) is 0 Å². The van der Waals surface area contributed by atoms with Crippen molar-refractivity contribution in [2.75, 3.05) is 26.4 Å². The van der Waals surface area contributed by atoms with Crippen LogP contribution in [-0.4, -0.2) is 37.5 Å². The fourth-order valence-electron chi connectivity index (χ4n) is 4.86. The Balaban J connectivity index is 2.20. The zero-order chi connectivity index (χ0) is 33.5. The van der Waals surface area contributed by atoms with Gasteiger partial charge in [0.25, 0.3) is 0 Å². The van der Waals surface area contributed by atoms with Crippen LogP contribution in [0.3, 0.4) is 0 Å². The molecule has 3 aromatic carbocycles. The van der Waals surface area contributed by atoms with Crippen LogP contribution in [0, 0.1) is 13.8 Å². The van der Waals surface area contributed by atoms with Gasteiger partial charge in [-0.05, 0) is 71.5 Å². The predicted molar refractivity (Wildman–Crippen MR) is 184 cm³/mol. The van der Waals surface area contributed by atoms with Gasteiger partial charge in [-0.3, -0.25) is 9.59 Å². The van der Waals surface area contributed by atoms with Crippen LogP contribution in [0.2, 0.25) is 0 Å². The van der Waals surface area contributed by atoms with Gasteiger partial charge >= 0.3 is 0 Å². The first-order valence-electron chi connectivity index (χ1n) is 15.0. The molecule has 0 radical (unpaired) electrons. The predicted octanol–water partition coefficient (Wildman–Crippen LogP) is 7.78. The highest BCUT2D eigenvalue weighted by Gasteiger charge is 2.43. The quantitative estimate of drug-likeness (QED) is 0.0666. The SMILES string of the molecule is C=CCOCc1cc(C(=O)P(=O)(C(=O)c2cc(COCC=C)c(C)c(COCC=C)c2)c2ccccc2)cc(COCC=C)c1C. The first-order valence-corrected chi connectivity index (χ1v) is 16.7. The summed E-state index contributed by atoms with van der Waals surface area (Å²) in [5, 5.41) is 0.147. The van der Waals surface area contributed by atoms with E-state index in [1.54, 1.807) is 78.9 Å². The van der Waals surface area contributed by atoms with Gasteiger partial charge < -0.3 is 23.5 Å². The van der Waals surface area contributed by atoms with Crippen molar-refractivity contribution in [2.45, 2.75) is 40.3 Å². The Morgan fingerprint density at radius 2 is 0.891 bits per heavy atom. The van der Waals surface area contributed by atoms with Crippen LogP contribution in [0.4, 0.5) is 0 Å². The molecule has 0 N–H and O–H groups in total. The maximum absolute atomic E-state index is 15.2. The van der Waals surface area contributed by atoms with Crippen LogP contribution in [-0.2, 0) is 49.9 Å². The summed E-state index contributed by atoms with van der Waals surface area (Å²) in [6.45, 7) is 20.6. The highest BCUT2D eigenvalue weighted by molar-refractivity contribution is 8.01. The molecule has 242 valence electrons. The summed E-state index contributed by atoms with van der Waals surface area (Å²) in [5.74, 6) is 0. The fraction of sp³-hybridized carbons (Fsp3) is 0.263. The van der Waals surface area contributed by atoms with Gasteiger partial charge in [-0.1, -0.05) is 54.6 Å². The highest BCUT2D eigenvalue weighted by atomic mass is 31.2. The van der Waals surface area contributed by atoms with Gasteiger partial charge in [0.05, 0.1) is 52.9 Å². The average Bonchev–Trinajstić information content (AvgIpc) is 3.07. The molecule has 0 aliphatic carbocycles. The molecule has 0 aromatic heterocycles. The monoisotopic (exact) mass is 642 g/mol. The summed E-state index contributed by atoms with van der Waals surface area (Å²) in [6.07, 6.45) is 6.54. The lowest BCUT2D eigenvalue weighted by atomic mass is 9.99. The molecule has 0 aliphatic heterocycles. The van der Waals surface area contributed by atoms with E-state index in [0.29, 0.717) is 26.4 Å². The number of rotatable bonds is 21. The van der Waals surface area contributed by atoms with E-state index in [4.69, 9.17) is 18.9 Å². The summed E-state index contributed by atoms with van der Waals surface area (Å²) in [6, 6.07) is 14.8. The second kappa shape index (κ2) is 18.2. The minimum absolute atomic E-state index is 0.136. The molecule has 0 amide bonds. The van der Waals surface area contributed by atoms with Gasteiger partial charge in [-0.15, -0.1) is 26.3 Å². The molecular weight excluding hydrogens is 599 g/mol. The minimum Gasteiger partial charge on any atom is -0.373 e. The van der Waals surface area contributed by atoms with Gasteiger partial charge in [0.1, 0.15) is 0 Å². The molecule has 0 heterocycles. The Hall–Kier alpha value is -3.97. The minimum atomic E-state index is -4.44. The molecule has 0 spiro atoms. The average molecular weight is 643 g/mol. The summed E-state index contributed by atoms with van der Waals surface area (Å²) >= 11 is 0. The van der Waals surface area contributed by atoms with Crippen LogP contribution in [0.25, 0.3) is 0 Å². The van der Waals surface area contributed by atoms with E-state index < -0.39 is 18.2 Å². The van der Waals surface area contributed by atoms with Crippen molar-refractivity contribution in [1.29, 1.82) is 0 Å². The fourth-order valence-corrected chi connectivity index (χ4v) is 7.09. The summed E-state index contributed by atoms with van der Waals surface area (Å²) < 4.78 is 38.0. The Morgan fingerprint density at radius 1 is 0.587 bits per heavy atom. The number of carbonyl (C=O) groups is 2. The molecule has 3 rings (SSSR count). The summed E-state index contributed by atoms with van der Waals surface area (Å²) in [7, 11) is -4.44. The molecule has 0 fully saturated rings. The summed E-state index contributed by atoms with van der Waals surface area (Å²) in [4.78, 5) is 29.1. The molecule has 0 saturated heterocycles. The maximum atomic E-state index is 15.2. The Labute approximate surface area is 272 Å². The first kappa shape index (κ1) is 36.5. The van der Waals surface area contributed by atoms with Crippen LogP contribution < -0.4 is 5.30 Å². The van der Waals surface area contributed by atoms with Crippen molar-refractivity contribution in [3.63, 3.8) is 0 Å². The molecule has 46 heavy (non-hydrogen) atoms. The van der Waals surface area contributed by atoms with Gasteiger partial charge in [-0.25, -0.2) is 0 Å². The molecule has 7 nitrogen and oxygen atoms in total. The van der Waals surface area contributed by atoms with Crippen LogP contribution in [0.1, 0.15) is 54.1 Å². The number of hydrogen-bond acceptors (Lipinski definition) is 7. The molecule has 0 unspecified atom stereocenters. The number of ether oxygens (including phenoxy) is 4. The number of carbonyl (C=O) groups excluding carboxylic acids is 2. The van der Waals surface area contributed by atoms with Crippen molar-refractivity contribution in [3.8, 4) is 0 Å². The second-order valence-electron chi connectivity index (χ2n) is 10.6. The molecule has 8 heteroatoms. The first-order chi connectivity index (χ1) is 22.2. The number of hydrogen-bond donors (Lipinski definition) is 0. The summed E-state index contributed by atoms with van der Waals surface area (Å²) in [5.41, 5.74) is 3.35. The smallest absolute Gasteiger partial charge is 0.248 e. The Kier molecular flexibility index (Phi) is 14.5. The van der Waals surface area contributed by atoms with E-state index in [2.05, 4.69) is 26.3 Å². The zero-order valence-corrected chi connectivity index (χ0v) is 27.7. The molecule has 0 bridgehead atoms. The van der Waals surface area contributed by atoms with E-state index in [0.717, 1.165) is 33.4 Å². The Bertz CT molecular complexity index is 1440. The molecule has 0 atom stereocenters. The largest absolute Gasteiger partial charge is 0.373 e. The lowest BCUT2D eigenvalue weighted by Crippen LogP contribution is -2.21. The highest BCUT2D eigenvalue weighted by Crippen LogP contribution is 2.51. The van der Waals surface area contributed by atoms with E-state index >= 15 is 4.57 Å². The maximum Gasteiger partial charge on any atom is 0.248 e. The van der Waals surface area contributed by atoms with Crippen LogP contribution in [0.5, 0.6) is 0 Å². The van der Waals surface area contributed by atoms with E-state index in [1.807, 2.05) is 13.8 Å². The zero-order valence-electron chi connectivity index (χ0n) is 26.8. The molecular formula is C38H43O7P. The normalized spacial score (nSPS) is 11.2. The van der Waals surface area contributed by atoms with Crippen LogP contribution >= 0.6 is 7.14 Å².